The molecule has 6 nitrogen and oxygen atoms in total. The molecule has 1 unspecified atom stereocenters. The molecule has 0 spiro atoms. The van der Waals surface area contributed by atoms with Crippen molar-refractivity contribution in [3.63, 3.8) is 0 Å². The number of amides is 1. The molecule has 2 heterocycles. The predicted molar refractivity (Wildman–Crippen MR) is 147 cm³/mol. The lowest BCUT2D eigenvalue weighted by molar-refractivity contribution is 0.0996. The molecule has 1 aromatic heterocycles. The molecule has 35 heavy (non-hydrogen) atoms. The van der Waals surface area contributed by atoms with Crippen LogP contribution in [-0.4, -0.2) is 17.9 Å². The first-order chi connectivity index (χ1) is 16.9. The molecule has 0 fully saturated rings. The number of hydrogen-bond acceptors (Lipinski definition) is 5. The van der Waals surface area contributed by atoms with Crippen LogP contribution in [0.5, 0.6) is 0 Å². The quantitative estimate of drug-likeness (QED) is 0.338. The lowest BCUT2D eigenvalue weighted by atomic mass is 10.0. The second kappa shape index (κ2) is 12.6. The standard InChI is InChI=1S/C25H25ClN4O2.C3H6/c1-3-21(26)24-28-16(2)27-19-7-4-6-17(14-19)9-10-18-15-20(29-24)11-12-22(18)30-25(31)23-8-5-13-32-23;1-3-2/h3-8,11-16,27H,9-10H2,1-2H3,(H,28,29)(H,30,31);3H,1H2,2H3/b21-3+;. The minimum Gasteiger partial charge on any atom is -0.459 e. The van der Waals surface area contributed by atoms with Crippen molar-refractivity contribution in [2.45, 2.75) is 39.8 Å². The van der Waals surface area contributed by atoms with Crippen LogP contribution in [0.15, 0.2) is 94.0 Å². The van der Waals surface area contributed by atoms with E-state index in [2.05, 4.69) is 34.7 Å². The summed E-state index contributed by atoms with van der Waals surface area (Å²) in [5.74, 6) is 0.558. The van der Waals surface area contributed by atoms with Gasteiger partial charge in [-0.2, -0.15) is 0 Å². The zero-order valence-corrected chi connectivity index (χ0v) is 21.0. The minimum absolute atomic E-state index is 0.187. The van der Waals surface area contributed by atoms with Gasteiger partial charge in [0.1, 0.15) is 12.0 Å². The fourth-order valence-corrected chi connectivity index (χ4v) is 3.68. The molecular weight excluding hydrogens is 460 g/mol. The van der Waals surface area contributed by atoms with Crippen molar-refractivity contribution in [2.75, 3.05) is 16.0 Å². The van der Waals surface area contributed by atoms with E-state index in [0.29, 0.717) is 10.9 Å². The third kappa shape index (κ3) is 7.36. The summed E-state index contributed by atoms with van der Waals surface area (Å²) in [6, 6.07) is 17.4. The molecule has 0 saturated carbocycles. The summed E-state index contributed by atoms with van der Waals surface area (Å²) < 4.78 is 5.23. The molecule has 1 aliphatic heterocycles. The van der Waals surface area contributed by atoms with Crippen molar-refractivity contribution in [1.29, 1.82) is 0 Å². The van der Waals surface area contributed by atoms with Crippen molar-refractivity contribution < 1.29 is 9.21 Å². The average molecular weight is 491 g/mol. The van der Waals surface area contributed by atoms with E-state index in [1.165, 1.54) is 11.8 Å². The Labute approximate surface area is 211 Å². The van der Waals surface area contributed by atoms with Gasteiger partial charge in [-0.25, -0.2) is 4.99 Å². The summed E-state index contributed by atoms with van der Waals surface area (Å²) in [7, 11) is 0. The molecule has 3 aromatic rings. The van der Waals surface area contributed by atoms with Gasteiger partial charge in [0.15, 0.2) is 5.76 Å². The Morgan fingerprint density at radius 3 is 2.66 bits per heavy atom. The van der Waals surface area contributed by atoms with Gasteiger partial charge >= 0.3 is 0 Å². The van der Waals surface area contributed by atoms with Crippen LogP contribution in [0.3, 0.4) is 0 Å². The zero-order valence-electron chi connectivity index (χ0n) is 20.3. The molecular formula is C28H31ClN4O2. The van der Waals surface area contributed by atoms with Gasteiger partial charge in [0.05, 0.1) is 11.3 Å². The Bertz CT molecular complexity index is 1220. The van der Waals surface area contributed by atoms with E-state index in [-0.39, 0.29) is 17.8 Å². The summed E-state index contributed by atoms with van der Waals surface area (Å²) in [5, 5.41) is 10.2. The Morgan fingerprint density at radius 2 is 1.94 bits per heavy atom. The lowest BCUT2D eigenvalue weighted by Crippen LogP contribution is -2.20. The van der Waals surface area contributed by atoms with Gasteiger partial charge in [0.2, 0.25) is 0 Å². The van der Waals surface area contributed by atoms with E-state index in [9.17, 15) is 4.79 Å². The monoisotopic (exact) mass is 490 g/mol. The first kappa shape index (κ1) is 25.8. The number of nitrogens with one attached hydrogen (secondary N) is 3. The number of aliphatic imine (C=N–C) groups is 1. The van der Waals surface area contributed by atoms with Crippen LogP contribution in [0.2, 0.25) is 0 Å². The lowest BCUT2D eigenvalue weighted by Gasteiger charge is -2.16. The van der Waals surface area contributed by atoms with Crippen LogP contribution in [0, 0.1) is 0 Å². The summed E-state index contributed by atoms with van der Waals surface area (Å²) >= 11 is 6.44. The SMILES string of the molecule is C/C=C(Cl)\C1=N/C(C)Nc2cccc(c2)CCc2cc(ccc2NC(=O)c2ccco2)N1.C=CC. The Morgan fingerprint density at radius 1 is 1.14 bits per heavy atom. The van der Waals surface area contributed by atoms with E-state index in [1.54, 1.807) is 24.3 Å². The fourth-order valence-electron chi connectivity index (χ4n) is 3.58. The molecule has 2 aromatic carbocycles. The maximum atomic E-state index is 12.6. The number of carbonyl (C=O) groups is 1. The first-order valence-corrected chi connectivity index (χ1v) is 11.9. The van der Waals surface area contributed by atoms with Gasteiger partial charge in [-0.3, -0.25) is 4.79 Å². The van der Waals surface area contributed by atoms with Gasteiger partial charge in [0.25, 0.3) is 5.91 Å². The van der Waals surface area contributed by atoms with Crippen molar-refractivity contribution >= 4 is 40.4 Å². The number of benzene rings is 2. The highest BCUT2D eigenvalue weighted by atomic mass is 35.5. The molecule has 1 amide bonds. The summed E-state index contributed by atoms with van der Waals surface area (Å²) in [4.78, 5) is 17.3. The highest BCUT2D eigenvalue weighted by Gasteiger charge is 2.15. The molecule has 7 heteroatoms. The third-order valence-corrected chi connectivity index (χ3v) is 5.55. The molecule has 4 bridgehead atoms. The van der Waals surface area contributed by atoms with Gasteiger partial charge in [0, 0.05) is 17.1 Å². The molecule has 0 radical (unpaired) electrons. The van der Waals surface area contributed by atoms with Crippen molar-refractivity contribution in [3.8, 4) is 0 Å². The van der Waals surface area contributed by atoms with E-state index in [1.807, 2.05) is 51.1 Å². The third-order valence-electron chi connectivity index (χ3n) is 5.15. The van der Waals surface area contributed by atoms with Crippen molar-refractivity contribution in [3.05, 3.63) is 102 Å². The molecule has 1 atom stereocenters. The molecule has 4 rings (SSSR count). The zero-order chi connectivity index (χ0) is 25.2. The van der Waals surface area contributed by atoms with E-state index in [4.69, 9.17) is 21.0 Å². The van der Waals surface area contributed by atoms with E-state index < -0.39 is 0 Å². The number of nitrogens with zero attached hydrogens (tertiary/aromatic N) is 1. The van der Waals surface area contributed by atoms with Crippen molar-refractivity contribution in [2.24, 2.45) is 4.99 Å². The van der Waals surface area contributed by atoms with Gasteiger partial charge < -0.3 is 20.4 Å². The largest absolute Gasteiger partial charge is 0.459 e. The predicted octanol–water partition coefficient (Wildman–Crippen LogP) is 7.23. The van der Waals surface area contributed by atoms with E-state index >= 15 is 0 Å². The molecule has 3 N–H and O–H groups in total. The number of halogens is 1. The normalized spacial score (nSPS) is 16.9. The number of rotatable bonds is 3. The number of anilines is 3. The fraction of sp³-hybridized carbons (Fsp3) is 0.214. The van der Waals surface area contributed by atoms with Gasteiger partial charge in [-0.15, -0.1) is 6.58 Å². The maximum absolute atomic E-state index is 12.6. The molecule has 1 aliphatic rings. The number of carbonyl (C=O) groups excluding carboxylic acids is 1. The van der Waals surface area contributed by atoms with Crippen LogP contribution >= 0.6 is 11.6 Å². The molecule has 0 aliphatic carbocycles. The Balaban J connectivity index is 0.00000108. The van der Waals surface area contributed by atoms with Crippen LogP contribution in [0.4, 0.5) is 17.1 Å². The van der Waals surface area contributed by atoms with Crippen LogP contribution < -0.4 is 16.0 Å². The first-order valence-electron chi connectivity index (χ1n) is 11.5. The minimum atomic E-state index is -0.283. The van der Waals surface area contributed by atoms with Crippen LogP contribution in [0.25, 0.3) is 0 Å². The number of amidine groups is 1. The summed E-state index contributed by atoms with van der Waals surface area (Å²) in [6.45, 7) is 9.10. The summed E-state index contributed by atoms with van der Waals surface area (Å²) in [6.07, 6.45) is 6.41. The summed E-state index contributed by atoms with van der Waals surface area (Å²) in [5.41, 5.74) is 4.76. The van der Waals surface area contributed by atoms with Crippen LogP contribution in [-0.2, 0) is 12.8 Å². The Hall–Kier alpha value is -3.77. The number of hydrogen-bond donors (Lipinski definition) is 3. The highest BCUT2D eigenvalue weighted by Crippen LogP contribution is 2.25. The number of fused-ring (bicyclic) bond motifs is 4. The Kier molecular flexibility index (Phi) is 9.32. The number of allylic oxidation sites excluding steroid dienone is 2. The number of aryl methyl sites for hydroxylation is 2. The second-order valence-corrected chi connectivity index (χ2v) is 8.38. The topological polar surface area (TPSA) is 78.7 Å². The van der Waals surface area contributed by atoms with Crippen LogP contribution in [0.1, 0.15) is 42.5 Å². The highest BCUT2D eigenvalue weighted by molar-refractivity contribution is 6.45. The van der Waals surface area contributed by atoms with Gasteiger partial charge in [-0.05, 0) is 87.2 Å². The number of furan rings is 1. The van der Waals surface area contributed by atoms with E-state index in [0.717, 1.165) is 35.5 Å². The maximum Gasteiger partial charge on any atom is 0.291 e. The average Bonchev–Trinajstić information content (AvgIpc) is 3.38. The van der Waals surface area contributed by atoms with Gasteiger partial charge in [-0.1, -0.05) is 35.9 Å². The smallest absolute Gasteiger partial charge is 0.291 e. The molecule has 182 valence electrons. The van der Waals surface area contributed by atoms with Crippen molar-refractivity contribution in [1.82, 2.24) is 0 Å². The second-order valence-electron chi connectivity index (χ2n) is 7.97. The molecule has 0 saturated heterocycles.